The fourth-order valence-electron chi connectivity index (χ4n) is 2.23. The maximum Gasteiger partial charge on any atom is 0.330 e. The first-order valence-electron chi connectivity index (χ1n) is 6.71. The molecule has 0 spiro atoms. The van der Waals surface area contributed by atoms with Gasteiger partial charge in [-0.1, -0.05) is 0 Å². The smallest absolute Gasteiger partial charge is 0.330 e. The van der Waals surface area contributed by atoms with E-state index in [1.807, 2.05) is 0 Å². The molecule has 1 aromatic carbocycles. The highest BCUT2D eigenvalue weighted by Gasteiger charge is 2.34. The zero-order valence-corrected chi connectivity index (χ0v) is 11.6. The maximum absolute atomic E-state index is 13.3. The number of halogens is 1. The van der Waals surface area contributed by atoms with E-state index in [0.717, 1.165) is 18.2 Å². The number of rotatable bonds is 3. The van der Waals surface area contributed by atoms with E-state index >= 15 is 0 Å². The van der Waals surface area contributed by atoms with Crippen LogP contribution in [0, 0.1) is 5.82 Å². The van der Waals surface area contributed by atoms with Crippen LogP contribution in [0.5, 0.6) is 5.75 Å². The van der Waals surface area contributed by atoms with Crippen LogP contribution >= 0.6 is 0 Å². The number of aromatic hydroxyl groups is 1. The highest BCUT2D eigenvalue weighted by molar-refractivity contribution is 5.99. The van der Waals surface area contributed by atoms with Gasteiger partial charge in [0.05, 0.1) is 12.2 Å². The van der Waals surface area contributed by atoms with Crippen LogP contribution in [0.2, 0.25) is 0 Å². The van der Waals surface area contributed by atoms with E-state index < -0.39 is 23.7 Å². The van der Waals surface area contributed by atoms with Gasteiger partial charge in [-0.15, -0.1) is 0 Å². The van der Waals surface area contributed by atoms with Crippen molar-refractivity contribution in [3.8, 4) is 5.75 Å². The number of esters is 1. The summed E-state index contributed by atoms with van der Waals surface area (Å²) in [5, 5.41) is 12.7. The van der Waals surface area contributed by atoms with Crippen LogP contribution in [0.25, 0.3) is 0 Å². The van der Waals surface area contributed by atoms with Crippen LogP contribution in [0.15, 0.2) is 18.2 Å². The third kappa shape index (κ3) is 3.30. The number of benzene rings is 1. The average Bonchev–Trinajstić information content (AvgIpc) is 2.49. The third-order valence-corrected chi connectivity index (χ3v) is 3.25. The Morgan fingerprint density at radius 3 is 3.00 bits per heavy atom. The van der Waals surface area contributed by atoms with Crippen LogP contribution < -0.4 is 5.32 Å². The van der Waals surface area contributed by atoms with Crippen LogP contribution in [0.4, 0.5) is 4.39 Å². The minimum Gasteiger partial charge on any atom is -0.507 e. The summed E-state index contributed by atoms with van der Waals surface area (Å²) < 4.78 is 18.2. The van der Waals surface area contributed by atoms with Gasteiger partial charge in [-0.3, -0.25) is 4.79 Å². The minimum atomic E-state index is -0.783. The first-order valence-corrected chi connectivity index (χ1v) is 6.71. The summed E-state index contributed by atoms with van der Waals surface area (Å²) in [6.45, 7) is 2.94. The van der Waals surface area contributed by atoms with Gasteiger partial charge in [0, 0.05) is 19.6 Å². The molecule has 1 saturated heterocycles. The van der Waals surface area contributed by atoms with E-state index in [4.69, 9.17) is 4.74 Å². The minimum absolute atomic E-state index is 0.161. The average molecular weight is 296 g/mol. The molecule has 1 aliphatic rings. The Morgan fingerprint density at radius 1 is 1.52 bits per heavy atom. The lowest BCUT2D eigenvalue weighted by molar-refractivity contribution is -0.149. The molecule has 1 aromatic rings. The zero-order valence-electron chi connectivity index (χ0n) is 11.6. The number of nitrogens with zero attached hydrogens (tertiary/aromatic N) is 1. The van der Waals surface area contributed by atoms with Gasteiger partial charge in [-0.25, -0.2) is 9.18 Å². The highest BCUT2D eigenvalue weighted by Crippen LogP contribution is 2.21. The van der Waals surface area contributed by atoms with Crippen molar-refractivity contribution < 1.29 is 23.8 Å². The summed E-state index contributed by atoms with van der Waals surface area (Å²) in [4.78, 5) is 25.7. The molecule has 0 aliphatic carbocycles. The van der Waals surface area contributed by atoms with Gasteiger partial charge < -0.3 is 20.1 Å². The Bertz CT molecular complexity index is 550. The topological polar surface area (TPSA) is 78.9 Å². The predicted molar refractivity (Wildman–Crippen MR) is 72.4 cm³/mol. The molecule has 7 heteroatoms. The number of phenols is 1. The lowest BCUT2D eigenvalue weighted by Gasteiger charge is -2.34. The van der Waals surface area contributed by atoms with Gasteiger partial charge in [0.25, 0.3) is 5.91 Å². The summed E-state index contributed by atoms with van der Waals surface area (Å²) in [7, 11) is 0. The molecule has 1 unspecified atom stereocenters. The summed E-state index contributed by atoms with van der Waals surface area (Å²) in [6, 6.07) is 2.35. The Balaban J connectivity index is 2.26. The van der Waals surface area contributed by atoms with Crippen molar-refractivity contribution in [2.24, 2.45) is 0 Å². The number of ether oxygens (including phenoxy) is 1. The van der Waals surface area contributed by atoms with Crippen molar-refractivity contribution in [1.29, 1.82) is 0 Å². The molecule has 0 aromatic heterocycles. The molecular weight excluding hydrogens is 279 g/mol. The molecule has 1 atom stereocenters. The molecule has 1 heterocycles. The SMILES string of the molecule is CCOC(=O)C1CNCCN1C(=O)c1cc(F)ccc1O. The number of carbonyl (C=O) groups is 2. The molecule has 114 valence electrons. The maximum atomic E-state index is 13.3. The van der Waals surface area contributed by atoms with Gasteiger partial charge in [-0.2, -0.15) is 0 Å². The largest absolute Gasteiger partial charge is 0.507 e. The molecule has 0 radical (unpaired) electrons. The zero-order chi connectivity index (χ0) is 15.4. The van der Waals surface area contributed by atoms with Crippen molar-refractivity contribution >= 4 is 11.9 Å². The number of hydrogen-bond acceptors (Lipinski definition) is 5. The van der Waals surface area contributed by atoms with E-state index in [0.29, 0.717) is 6.54 Å². The Kier molecular flexibility index (Phi) is 4.74. The van der Waals surface area contributed by atoms with Crippen LogP contribution in [0.1, 0.15) is 17.3 Å². The van der Waals surface area contributed by atoms with Crippen LogP contribution in [-0.4, -0.2) is 54.2 Å². The van der Waals surface area contributed by atoms with Gasteiger partial charge in [0.1, 0.15) is 17.6 Å². The predicted octanol–water partition coefficient (Wildman–Crippen LogP) is 0.508. The second-order valence-electron chi connectivity index (χ2n) is 4.63. The van der Waals surface area contributed by atoms with E-state index in [1.54, 1.807) is 6.92 Å². The summed E-state index contributed by atoms with van der Waals surface area (Å²) in [5.74, 6) is -2.05. The van der Waals surface area contributed by atoms with Crippen LogP contribution in [-0.2, 0) is 9.53 Å². The number of carbonyl (C=O) groups excluding carboxylic acids is 2. The normalized spacial score (nSPS) is 18.4. The van der Waals surface area contributed by atoms with Gasteiger partial charge >= 0.3 is 5.97 Å². The molecule has 1 aliphatic heterocycles. The van der Waals surface area contributed by atoms with Gasteiger partial charge in [0.15, 0.2) is 0 Å². The van der Waals surface area contributed by atoms with Gasteiger partial charge in [0.2, 0.25) is 0 Å². The number of hydrogen-bond donors (Lipinski definition) is 2. The molecule has 0 bridgehead atoms. The van der Waals surface area contributed by atoms with Crippen molar-refractivity contribution in [2.45, 2.75) is 13.0 Å². The Labute approximate surface area is 121 Å². The molecule has 2 rings (SSSR count). The van der Waals surface area contributed by atoms with E-state index in [9.17, 15) is 19.1 Å². The second-order valence-corrected chi connectivity index (χ2v) is 4.63. The van der Waals surface area contributed by atoms with Gasteiger partial charge in [-0.05, 0) is 25.1 Å². The molecule has 2 N–H and O–H groups in total. The quantitative estimate of drug-likeness (QED) is 0.795. The van der Waals surface area contributed by atoms with E-state index in [2.05, 4.69) is 5.32 Å². The first kappa shape index (κ1) is 15.2. The number of nitrogens with one attached hydrogen (secondary N) is 1. The third-order valence-electron chi connectivity index (χ3n) is 3.25. The molecule has 1 fully saturated rings. The number of piperazine rings is 1. The molecule has 1 amide bonds. The summed E-state index contributed by atoms with van der Waals surface area (Å²) in [6.07, 6.45) is 0. The van der Waals surface area contributed by atoms with Crippen molar-refractivity contribution in [3.05, 3.63) is 29.6 Å². The van der Waals surface area contributed by atoms with E-state index in [-0.39, 0.29) is 31.0 Å². The monoisotopic (exact) mass is 296 g/mol. The van der Waals surface area contributed by atoms with Crippen molar-refractivity contribution in [1.82, 2.24) is 10.2 Å². The molecule has 21 heavy (non-hydrogen) atoms. The standard InChI is InChI=1S/C14H17FN2O4/c1-2-21-14(20)11-8-16-5-6-17(11)13(19)10-7-9(15)3-4-12(10)18/h3-4,7,11,16,18H,2,5-6,8H2,1H3. The summed E-state index contributed by atoms with van der Waals surface area (Å²) >= 11 is 0. The lowest BCUT2D eigenvalue weighted by Crippen LogP contribution is -2.57. The number of amides is 1. The second kappa shape index (κ2) is 6.53. The fraction of sp³-hybridized carbons (Fsp3) is 0.429. The van der Waals surface area contributed by atoms with Crippen molar-refractivity contribution in [2.75, 3.05) is 26.2 Å². The Hall–Kier alpha value is -2.15. The van der Waals surface area contributed by atoms with E-state index in [1.165, 1.54) is 4.90 Å². The number of phenolic OH excluding ortho intramolecular Hbond substituents is 1. The fourth-order valence-corrected chi connectivity index (χ4v) is 2.23. The van der Waals surface area contributed by atoms with Crippen molar-refractivity contribution in [3.63, 3.8) is 0 Å². The molecule has 6 nitrogen and oxygen atoms in total. The summed E-state index contributed by atoms with van der Waals surface area (Å²) in [5.41, 5.74) is -0.161. The Morgan fingerprint density at radius 2 is 2.29 bits per heavy atom. The first-order chi connectivity index (χ1) is 10.0. The molecular formula is C14H17FN2O4. The molecule has 0 saturated carbocycles. The lowest BCUT2D eigenvalue weighted by atomic mass is 10.1. The highest BCUT2D eigenvalue weighted by atomic mass is 19.1. The van der Waals surface area contributed by atoms with Crippen LogP contribution in [0.3, 0.4) is 0 Å².